The highest BCUT2D eigenvalue weighted by Crippen LogP contribution is 2.36. The monoisotopic (exact) mass is 398 g/mol. The van der Waals surface area contributed by atoms with E-state index in [-0.39, 0.29) is 0 Å². The van der Waals surface area contributed by atoms with Crippen LogP contribution >= 0.6 is 27.7 Å². The zero-order chi connectivity index (χ0) is 16.8. The predicted molar refractivity (Wildman–Crippen MR) is 96.0 cm³/mol. The molecule has 0 spiro atoms. The molecule has 6 nitrogen and oxygen atoms in total. The Labute approximate surface area is 148 Å². The number of thioether (sulfide) groups is 1. The van der Waals surface area contributed by atoms with Gasteiger partial charge in [-0.1, -0.05) is 18.7 Å². The number of aryl methyl sites for hydroxylation is 1. The molecule has 0 unspecified atom stereocenters. The fourth-order valence-corrected chi connectivity index (χ4v) is 3.08. The summed E-state index contributed by atoms with van der Waals surface area (Å²) < 4.78 is 13.6. The Bertz CT molecular complexity index is 682. The number of benzene rings is 1. The third-order valence-corrected chi connectivity index (χ3v) is 4.24. The Morgan fingerprint density at radius 2 is 2.13 bits per heavy atom. The van der Waals surface area contributed by atoms with E-state index in [9.17, 15) is 0 Å². The van der Waals surface area contributed by atoms with Crippen LogP contribution in [0.4, 0.5) is 0 Å². The number of methoxy groups -OCH3 is 1. The molecule has 0 aliphatic carbocycles. The Morgan fingerprint density at radius 1 is 1.35 bits per heavy atom. The SMILES string of the molecule is CCOc1cc(/C=N\n2c(CC)nnc2SC)cc(Br)c1OC. The molecule has 0 saturated carbocycles. The van der Waals surface area contributed by atoms with E-state index in [0.717, 1.165) is 27.4 Å². The summed E-state index contributed by atoms with van der Waals surface area (Å²) in [5, 5.41) is 13.5. The molecule has 2 rings (SSSR count). The summed E-state index contributed by atoms with van der Waals surface area (Å²) in [6.45, 7) is 4.52. The van der Waals surface area contributed by atoms with Crippen molar-refractivity contribution >= 4 is 33.9 Å². The molecular weight excluding hydrogens is 380 g/mol. The Balaban J connectivity index is 2.38. The molecule has 0 aliphatic rings. The number of nitrogens with zero attached hydrogens (tertiary/aromatic N) is 4. The molecule has 23 heavy (non-hydrogen) atoms. The third kappa shape index (κ3) is 4.06. The lowest BCUT2D eigenvalue weighted by molar-refractivity contribution is 0.310. The molecule has 124 valence electrons. The van der Waals surface area contributed by atoms with Crippen molar-refractivity contribution in [1.29, 1.82) is 0 Å². The second kappa shape index (κ2) is 8.35. The van der Waals surface area contributed by atoms with Crippen LogP contribution in [-0.4, -0.2) is 41.1 Å². The molecule has 8 heteroatoms. The van der Waals surface area contributed by atoms with E-state index in [1.807, 2.05) is 32.2 Å². The van der Waals surface area contributed by atoms with Gasteiger partial charge in [0.2, 0.25) is 5.16 Å². The molecule has 0 bridgehead atoms. The fraction of sp³-hybridized carbons (Fsp3) is 0.400. The van der Waals surface area contributed by atoms with Crippen molar-refractivity contribution in [3.8, 4) is 11.5 Å². The molecule has 0 aliphatic heterocycles. The second-order valence-electron chi connectivity index (χ2n) is 4.48. The van der Waals surface area contributed by atoms with Crippen LogP contribution in [0.2, 0.25) is 0 Å². The highest BCUT2D eigenvalue weighted by atomic mass is 79.9. The number of aromatic nitrogens is 3. The number of ether oxygens (including phenoxy) is 2. The van der Waals surface area contributed by atoms with Crippen LogP contribution in [0, 0.1) is 0 Å². The van der Waals surface area contributed by atoms with Crippen molar-refractivity contribution in [1.82, 2.24) is 14.9 Å². The molecule has 1 aromatic heterocycles. The standard InChI is InChI=1S/C15H19BrN4O2S/c1-5-13-18-19-15(23-4)20(13)17-9-10-7-11(16)14(21-3)12(8-10)22-6-2/h7-9H,5-6H2,1-4H3/b17-9-. The van der Waals surface area contributed by atoms with Crippen molar-refractivity contribution in [3.63, 3.8) is 0 Å². The minimum Gasteiger partial charge on any atom is -0.492 e. The lowest BCUT2D eigenvalue weighted by atomic mass is 10.2. The van der Waals surface area contributed by atoms with Gasteiger partial charge < -0.3 is 9.47 Å². The number of hydrogen-bond acceptors (Lipinski definition) is 6. The second-order valence-corrected chi connectivity index (χ2v) is 6.11. The molecule has 1 aromatic carbocycles. The number of halogens is 1. The average molecular weight is 399 g/mol. The fourth-order valence-electron chi connectivity index (χ4n) is 2.01. The summed E-state index contributed by atoms with van der Waals surface area (Å²) >= 11 is 5.01. The van der Waals surface area contributed by atoms with Gasteiger partial charge in [-0.2, -0.15) is 9.78 Å². The van der Waals surface area contributed by atoms with Crippen LogP contribution in [0.25, 0.3) is 0 Å². The zero-order valence-corrected chi connectivity index (χ0v) is 15.9. The maximum absolute atomic E-state index is 5.62. The van der Waals surface area contributed by atoms with Crippen molar-refractivity contribution in [2.75, 3.05) is 20.0 Å². The zero-order valence-electron chi connectivity index (χ0n) is 13.5. The quantitative estimate of drug-likeness (QED) is 0.526. The van der Waals surface area contributed by atoms with Crippen molar-refractivity contribution in [2.45, 2.75) is 25.4 Å². The summed E-state index contributed by atoms with van der Waals surface area (Å²) in [4.78, 5) is 0. The van der Waals surface area contributed by atoms with Gasteiger partial charge in [0.1, 0.15) is 0 Å². The molecule has 0 amide bonds. The van der Waals surface area contributed by atoms with E-state index in [0.29, 0.717) is 18.1 Å². The Morgan fingerprint density at radius 3 is 2.74 bits per heavy atom. The van der Waals surface area contributed by atoms with Crippen LogP contribution in [0.5, 0.6) is 11.5 Å². The molecule has 0 radical (unpaired) electrons. The minimum absolute atomic E-state index is 0.561. The van der Waals surface area contributed by atoms with E-state index in [4.69, 9.17) is 9.47 Å². The first-order chi connectivity index (χ1) is 11.1. The van der Waals surface area contributed by atoms with Crippen LogP contribution in [0.3, 0.4) is 0 Å². The lowest BCUT2D eigenvalue weighted by Gasteiger charge is -2.11. The molecule has 0 N–H and O–H groups in total. The number of rotatable bonds is 7. The Kier molecular flexibility index (Phi) is 6.47. The Hall–Kier alpha value is -1.54. The largest absolute Gasteiger partial charge is 0.492 e. The average Bonchev–Trinajstić information content (AvgIpc) is 2.95. The summed E-state index contributed by atoms with van der Waals surface area (Å²) in [7, 11) is 1.62. The maximum atomic E-state index is 5.62. The van der Waals surface area contributed by atoms with Gasteiger partial charge in [0.25, 0.3) is 0 Å². The summed E-state index contributed by atoms with van der Waals surface area (Å²) in [5.41, 5.74) is 0.893. The first-order valence-electron chi connectivity index (χ1n) is 7.17. The smallest absolute Gasteiger partial charge is 0.211 e. The van der Waals surface area contributed by atoms with Crippen molar-refractivity contribution < 1.29 is 9.47 Å². The van der Waals surface area contributed by atoms with Crippen LogP contribution in [-0.2, 0) is 6.42 Å². The van der Waals surface area contributed by atoms with E-state index in [2.05, 4.69) is 31.2 Å². The first-order valence-corrected chi connectivity index (χ1v) is 9.19. The predicted octanol–water partition coefficient (Wildman–Crippen LogP) is 3.61. The molecule has 0 atom stereocenters. The van der Waals surface area contributed by atoms with Gasteiger partial charge in [0.05, 0.1) is 24.4 Å². The van der Waals surface area contributed by atoms with Crippen LogP contribution in [0.15, 0.2) is 26.9 Å². The highest BCUT2D eigenvalue weighted by molar-refractivity contribution is 9.10. The van der Waals surface area contributed by atoms with Crippen molar-refractivity contribution in [3.05, 3.63) is 28.0 Å². The topological polar surface area (TPSA) is 61.5 Å². The van der Waals surface area contributed by atoms with Gasteiger partial charge in [0, 0.05) is 6.42 Å². The van der Waals surface area contributed by atoms with Crippen LogP contribution in [0.1, 0.15) is 25.2 Å². The summed E-state index contributed by atoms with van der Waals surface area (Å²) in [6, 6.07) is 3.82. The number of hydrogen-bond donors (Lipinski definition) is 0. The molecular formula is C15H19BrN4O2S. The minimum atomic E-state index is 0.561. The molecule has 1 heterocycles. The molecule has 0 fully saturated rings. The van der Waals surface area contributed by atoms with E-state index >= 15 is 0 Å². The van der Waals surface area contributed by atoms with Crippen LogP contribution < -0.4 is 9.47 Å². The van der Waals surface area contributed by atoms with Gasteiger partial charge in [-0.05, 0) is 46.8 Å². The van der Waals surface area contributed by atoms with Gasteiger partial charge in [-0.3, -0.25) is 0 Å². The maximum Gasteiger partial charge on any atom is 0.211 e. The first kappa shape index (κ1) is 17.8. The molecule has 2 aromatic rings. The highest BCUT2D eigenvalue weighted by Gasteiger charge is 2.11. The van der Waals surface area contributed by atoms with Gasteiger partial charge in [-0.25, -0.2) is 0 Å². The van der Waals surface area contributed by atoms with Gasteiger partial charge >= 0.3 is 0 Å². The van der Waals surface area contributed by atoms with Gasteiger partial charge in [-0.15, -0.1) is 10.2 Å². The lowest BCUT2D eigenvalue weighted by Crippen LogP contribution is -2.00. The van der Waals surface area contributed by atoms with E-state index in [1.165, 1.54) is 11.8 Å². The molecule has 0 saturated heterocycles. The normalized spacial score (nSPS) is 11.2. The van der Waals surface area contributed by atoms with E-state index in [1.54, 1.807) is 18.0 Å². The summed E-state index contributed by atoms with van der Waals surface area (Å²) in [6.07, 6.45) is 4.48. The third-order valence-electron chi connectivity index (χ3n) is 3.03. The van der Waals surface area contributed by atoms with Gasteiger partial charge in [0.15, 0.2) is 17.3 Å². The van der Waals surface area contributed by atoms with Crippen molar-refractivity contribution in [2.24, 2.45) is 5.10 Å². The van der Waals surface area contributed by atoms with E-state index < -0.39 is 0 Å². The summed E-state index contributed by atoms with van der Waals surface area (Å²) in [5.74, 6) is 2.17.